The van der Waals surface area contributed by atoms with Crippen molar-refractivity contribution in [1.29, 1.82) is 0 Å². The van der Waals surface area contributed by atoms with Crippen molar-refractivity contribution >= 4 is 11.6 Å². The van der Waals surface area contributed by atoms with E-state index >= 15 is 0 Å². The second-order valence-corrected chi connectivity index (χ2v) is 7.09. The van der Waals surface area contributed by atoms with Crippen molar-refractivity contribution < 1.29 is 4.79 Å². The fraction of sp³-hybridized carbons (Fsp3) is 0.588. The van der Waals surface area contributed by atoms with Crippen molar-refractivity contribution in [2.75, 3.05) is 5.32 Å². The molecule has 2 rings (SSSR count). The lowest BCUT2D eigenvalue weighted by atomic mass is 9.70. The summed E-state index contributed by atoms with van der Waals surface area (Å²) in [5, 5.41) is 3.63. The minimum absolute atomic E-state index is 0.284. The summed E-state index contributed by atoms with van der Waals surface area (Å²) in [6.45, 7) is 7.05. The third kappa shape index (κ3) is 4.26. The van der Waals surface area contributed by atoms with Crippen LogP contribution in [0.1, 0.15) is 45.6 Å². The minimum Gasteiger partial charge on any atom is -0.382 e. The number of primary amides is 1. The number of amides is 1. The molecule has 3 heteroatoms. The van der Waals surface area contributed by atoms with E-state index in [0.717, 1.165) is 17.2 Å². The molecular formula is C17H26N2O. The summed E-state index contributed by atoms with van der Waals surface area (Å²) in [6.07, 6.45) is 4.06. The second kappa shape index (κ2) is 5.86. The number of carbonyl (C=O) groups excluding carboxylic acids is 1. The number of anilines is 1. The number of nitrogens with one attached hydrogen (secondary N) is 1. The van der Waals surface area contributed by atoms with Gasteiger partial charge in [-0.05, 0) is 48.3 Å². The van der Waals surface area contributed by atoms with E-state index in [4.69, 9.17) is 5.73 Å². The fourth-order valence-electron chi connectivity index (χ4n) is 3.61. The van der Waals surface area contributed by atoms with E-state index in [2.05, 4.69) is 26.1 Å². The lowest BCUT2D eigenvalue weighted by molar-refractivity contribution is -0.117. The molecule has 1 aliphatic rings. The highest BCUT2D eigenvalue weighted by atomic mass is 16.1. The van der Waals surface area contributed by atoms with E-state index in [9.17, 15) is 4.79 Å². The average Bonchev–Trinajstić information content (AvgIpc) is 2.28. The Morgan fingerprint density at radius 3 is 2.50 bits per heavy atom. The van der Waals surface area contributed by atoms with Gasteiger partial charge < -0.3 is 11.1 Å². The van der Waals surface area contributed by atoms with E-state index in [1.165, 1.54) is 19.3 Å². The average molecular weight is 274 g/mol. The van der Waals surface area contributed by atoms with Crippen molar-refractivity contribution in [1.82, 2.24) is 0 Å². The van der Waals surface area contributed by atoms with Gasteiger partial charge in [0, 0.05) is 11.7 Å². The summed E-state index contributed by atoms with van der Waals surface area (Å²) < 4.78 is 0. The van der Waals surface area contributed by atoms with E-state index < -0.39 is 0 Å². The van der Waals surface area contributed by atoms with Crippen LogP contribution in [0.15, 0.2) is 24.3 Å². The summed E-state index contributed by atoms with van der Waals surface area (Å²) in [4.78, 5) is 10.9. The lowest BCUT2D eigenvalue weighted by Crippen LogP contribution is -2.35. The van der Waals surface area contributed by atoms with Crippen LogP contribution in [0.3, 0.4) is 0 Å². The smallest absolute Gasteiger partial charge is 0.221 e. The van der Waals surface area contributed by atoms with E-state index in [1.807, 2.05) is 24.3 Å². The maximum atomic E-state index is 10.9. The maximum absolute atomic E-state index is 10.9. The van der Waals surface area contributed by atoms with Gasteiger partial charge in [0.25, 0.3) is 0 Å². The molecular weight excluding hydrogens is 248 g/mol. The first kappa shape index (κ1) is 14.9. The van der Waals surface area contributed by atoms with Crippen LogP contribution >= 0.6 is 0 Å². The number of hydrogen-bond acceptors (Lipinski definition) is 2. The summed E-state index contributed by atoms with van der Waals surface area (Å²) in [5.74, 6) is 0.485. The zero-order valence-corrected chi connectivity index (χ0v) is 12.8. The lowest BCUT2D eigenvalue weighted by Gasteiger charge is -2.39. The van der Waals surface area contributed by atoms with Gasteiger partial charge in [-0.1, -0.05) is 32.9 Å². The Hall–Kier alpha value is -1.51. The highest BCUT2D eigenvalue weighted by molar-refractivity contribution is 5.76. The molecule has 3 nitrogen and oxygen atoms in total. The molecule has 1 aromatic rings. The van der Waals surface area contributed by atoms with Gasteiger partial charge in [-0.15, -0.1) is 0 Å². The number of carbonyl (C=O) groups is 1. The molecule has 1 fully saturated rings. The third-order valence-corrected chi connectivity index (χ3v) is 4.09. The Morgan fingerprint density at radius 2 is 1.95 bits per heavy atom. The van der Waals surface area contributed by atoms with Crippen LogP contribution < -0.4 is 11.1 Å². The number of benzene rings is 1. The number of rotatable bonds is 4. The molecule has 1 aromatic carbocycles. The van der Waals surface area contributed by atoms with E-state index in [0.29, 0.717) is 17.9 Å². The summed E-state index contributed by atoms with van der Waals surface area (Å²) in [5.41, 5.74) is 7.73. The van der Waals surface area contributed by atoms with Crippen LogP contribution in [0.4, 0.5) is 5.69 Å². The first-order valence-electron chi connectivity index (χ1n) is 7.48. The number of hydrogen-bond donors (Lipinski definition) is 2. The van der Waals surface area contributed by atoms with Gasteiger partial charge in [-0.2, -0.15) is 0 Å². The molecule has 2 atom stereocenters. The Bertz CT molecular complexity index is 464. The molecule has 0 spiro atoms. The molecule has 20 heavy (non-hydrogen) atoms. The maximum Gasteiger partial charge on any atom is 0.221 e. The zero-order valence-electron chi connectivity index (χ0n) is 12.8. The van der Waals surface area contributed by atoms with Gasteiger partial charge in [0.1, 0.15) is 0 Å². The van der Waals surface area contributed by atoms with Crippen LogP contribution in [0.2, 0.25) is 0 Å². The monoisotopic (exact) mass is 274 g/mol. The molecule has 2 unspecified atom stereocenters. The van der Waals surface area contributed by atoms with E-state index in [-0.39, 0.29) is 5.91 Å². The molecule has 0 aromatic heterocycles. The van der Waals surface area contributed by atoms with Crippen molar-refractivity contribution in [3.8, 4) is 0 Å². The molecule has 0 radical (unpaired) electrons. The van der Waals surface area contributed by atoms with E-state index in [1.54, 1.807) is 0 Å². The predicted molar refractivity (Wildman–Crippen MR) is 83.5 cm³/mol. The van der Waals surface area contributed by atoms with Crippen molar-refractivity contribution in [2.45, 2.75) is 52.5 Å². The molecule has 0 heterocycles. The Labute approximate surface area is 121 Å². The molecule has 1 aliphatic carbocycles. The molecule has 0 saturated heterocycles. The highest BCUT2D eigenvalue weighted by Crippen LogP contribution is 2.39. The minimum atomic E-state index is -0.284. The fourth-order valence-corrected chi connectivity index (χ4v) is 3.61. The van der Waals surface area contributed by atoms with Crippen molar-refractivity contribution in [3.63, 3.8) is 0 Å². The van der Waals surface area contributed by atoms with Crippen molar-refractivity contribution in [2.24, 2.45) is 17.1 Å². The highest BCUT2D eigenvalue weighted by Gasteiger charge is 2.31. The van der Waals surface area contributed by atoms with Crippen LogP contribution in [-0.4, -0.2) is 11.9 Å². The summed E-state index contributed by atoms with van der Waals surface area (Å²) in [6, 6.07) is 8.58. The zero-order chi connectivity index (χ0) is 14.8. The van der Waals surface area contributed by atoms with Crippen LogP contribution in [-0.2, 0) is 11.2 Å². The standard InChI is InChI=1S/C17H26N2O/c1-12-8-15(11-17(2,3)10-12)19-14-6-4-13(5-7-14)9-16(18)20/h4-7,12,15,19H,8-11H2,1-3H3,(H2,18,20). The summed E-state index contributed by atoms with van der Waals surface area (Å²) >= 11 is 0. The van der Waals surface area contributed by atoms with Crippen LogP contribution in [0.25, 0.3) is 0 Å². The molecule has 110 valence electrons. The Balaban J connectivity index is 1.97. The molecule has 0 bridgehead atoms. The van der Waals surface area contributed by atoms with Gasteiger partial charge in [-0.3, -0.25) is 4.79 Å². The Kier molecular flexibility index (Phi) is 4.36. The third-order valence-electron chi connectivity index (χ3n) is 4.09. The van der Waals surface area contributed by atoms with Gasteiger partial charge in [-0.25, -0.2) is 0 Å². The SMILES string of the molecule is CC1CC(Nc2ccc(CC(N)=O)cc2)CC(C)(C)C1. The largest absolute Gasteiger partial charge is 0.382 e. The van der Waals surface area contributed by atoms with Crippen molar-refractivity contribution in [3.05, 3.63) is 29.8 Å². The van der Waals surface area contributed by atoms with Gasteiger partial charge in [0.2, 0.25) is 5.91 Å². The molecule has 3 N–H and O–H groups in total. The topological polar surface area (TPSA) is 55.1 Å². The van der Waals surface area contributed by atoms with Gasteiger partial charge >= 0.3 is 0 Å². The normalized spacial score (nSPS) is 25.1. The number of nitrogens with two attached hydrogens (primary N) is 1. The van der Waals surface area contributed by atoms with Crippen LogP contribution in [0, 0.1) is 11.3 Å². The van der Waals surface area contributed by atoms with Gasteiger partial charge in [0.05, 0.1) is 6.42 Å². The first-order chi connectivity index (χ1) is 9.34. The molecule has 0 aliphatic heterocycles. The predicted octanol–water partition coefficient (Wildman–Crippen LogP) is 3.34. The molecule has 1 amide bonds. The van der Waals surface area contributed by atoms with Gasteiger partial charge in [0.15, 0.2) is 0 Å². The Morgan fingerprint density at radius 1 is 1.30 bits per heavy atom. The first-order valence-corrected chi connectivity index (χ1v) is 7.48. The van der Waals surface area contributed by atoms with Crippen LogP contribution in [0.5, 0.6) is 0 Å². The second-order valence-electron chi connectivity index (χ2n) is 7.09. The summed E-state index contributed by atoms with van der Waals surface area (Å²) in [7, 11) is 0. The quantitative estimate of drug-likeness (QED) is 0.884. The molecule has 1 saturated carbocycles.